The fraction of sp³-hybridized carbons (Fsp3) is 0.250. The van der Waals surface area contributed by atoms with Crippen LogP contribution in [0.4, 0.5) is 0 Å². The molecule has 0 amide bonds. The molecule has 0 aliphatic heterocycles. The molecule has 4 heteroatoms. The van der Waals surface area contributed by atoms with Gasteiger partial charge in [0.1, 0.15) is 0 Å². The molecule has 2 aromatic rings. The zero-order valence-corrected chi connectivity index (χ0v) is 11.3. The Bertz CT molecular complexity index is 656. The standard InChI is InChI=1S/C16H16N2O2/c1-2-20-16(19)15-13-9-8-12(14(13)17-18-15)10-11-6-4-3-5-7-11/h3-8H,2,9-10H2,1H3,(H,17,18). The van der Waals surface area contributed by atoms with Gasteiger partial charge in [-0.15, -0.1) is 0 Å². The maximum atomic E-state index is 11.8. The maximum absolute atomic E-state index is 11.8. The lowest BCUT2D eigenvalue weighted by molar-refractivity contribution is 0.0518. The number of rotatable bonds is 4. The number of allylic oxidation sites excluding steroid dienone is 2. The van der Waals surface area contributed by atoms with E-state index in [2.05, 4.69) is 28.4 Å². The number of nitrogens with one attached hydrogen (secondary N) is 1. The number of H-pyrrole nitrogens is 1. The van der Waals surface area contributed by atoms with Crippen LogP contribution in [0.2, 0.25) is 0 Å². The van der Waals surface area contributed by atoms with E-state index in [1.807, 2.05) is 18.2 Å². The van der Waals surface area contributed by atoms with Crippen LogP contribution < -0.4 is 0 Å². The molecule has 1 N–H and O–H groups in total. The molecule has 0 spiro atoms. The molecule has 0 saturated heterocycles. The predicted molar refractivity (Wildman–Crippen MR) is 76.4 cm³/mol. The molecule has 0 fully saturated rings. The minimum Gasteiger partial charge on any atom is -0.461 e. The lowest BCUT2D eigenvalue weighted by Crippen LogP contribution is -2.07. The van der Waals surface area contributed by atoms with Gasteiger partial charge in [-0.3, -0.25) is 5.10 Å². The van der Waals surface area contributed by atoms with Gasteiger partial charge >= 0.3 is 5.97 Å². The summed E-state index contributed by atoms with van der Waals surface area (Å²) in [7, 11) is 0. The van der Waals surface area contributed by atoms with E-state index in [1.54, 1.807) is 6.92 Å². The number of nitrogens with zero attached hydrogens (tertiary/aromatic N) is 1. The second-order valence-corrected chi connectivity index (χ2v) is 4.74. The molecule has 20 heavy (non-hydrogen) atoms. The van der Waals surface area contributed by atoms with Crippen molar-refractivity contribution in [1.82, 2.24) is 10.2 Å². The van der Waals surface area contributed by atoms with E-state index in [-0.39, 0.29) is 5.97 Å². The Balaban J connectivity index is 1.82. The van der Waals surface area contributed by atoms with Crippen molar-refractivity contribution in [2.75, 3.05) is 6.61 Å². The predicted octanol–water partition coefficient (Wildman–Crippen LogP) is 2.77. The Hall–Kier alpha value is -2.36. The SMILES string of the molecule is CCOC(=O)c1n[nH]c2c1CC=C2Cc1ccccc1. The average molecular weight is 268 g/mol. The summed E-state index contributed by atoms with van der Waals surface area (Å²) in [5.41, 5.74) is 4.78. The number of fused-ring (bicyclic) bond motifs is 1. The first-order valence-corrected chi connectivity index (χ1v) is 6.77. The van der Waals surface area contributed by atoms with Gasteiger partial charge in [-0.1, -0.05) is 36.4 Å². The number of hydrogen-bond donors (Lipinski definition) is 1. The quantitative estimate of drug-likeness (QED) is 0.867. The fourth-order valence-electron chi connectivity index (χ4n) is 2.50. The summed E-state index contributed by atoms with van der Waals surface area (Å²) in [4.78, 5) is 11.8. The van der Waals surface area contributed by atoms with Gasteiger partial charge in [0, 0.05) is 5.56 Å². The summed E-state index contributed by atoms with van der Waals surface area (Å²) in [6.07, 6.45) is 3.74. The molecular weight excluding hydrogens is 252 g/mol. The second kappa shape index (κ2) is 5.33. The van der Waals surface area contributed by atoms with E-state index in [0.29, 0.717) is 12.3 Å². The highest BCUT2D eigenvalue weighted by Crippen LogP contribution is 2.30. The van der Waals surface area contributed by atoms with Crippen LogP contribution in [-0.2, 0) is 17.6 Å². The van der Waals surface area contributed by atoms with Crippen LogP contribution in [-0.4, -0.2) is 22.8 Å². The molecule has 1 aromatic heterocycles. The Morgan fingerprint density at radius 2 is 2.15 bits per heavy atom. The summed E-state index contributed by atoms with van der Waals surface area (Å²) in [6, 6.07) is 10.3. The van der Waals surface area contributed by atoms with Gasteiger partial charge in [0.15, 0.2) is 5.69 Å². The molecule has 3 rings (SSSR count). The van der Waals surface area contributed by atoms with Crippen LogP contribution in [0.15, 0.2) is 36.4 Å². The summed E-state index contributed by atoms with van der Waals surface area (Å²) in [6.45, 7) is 2.16. The van der Waals surface area contributed by atoms with Crippen LogP contribution >= 0.6 is 0 Å². The van der Waals surface area contributed by atoms with E-state index in [4.69, 9.17) is 4.74 Å². The van der Waals surface area contributed by atoms with Crippen LogP contribution in [0.5, 0.6) is 0 Å². The van der Waals surface area contributed by atoms with Crippen LogP contribution in [0.3, 0.4) is 0 Å². The lowest BCUT2D eigenvalue weighted by atomic mass is 10.0. The molecule has 0 unspecified atom stereocenters. The maximum Gasteiger partial charge on any atom is 0.359 e. The van der Waals surface area contributed by atoms with Crippen molar-refractivity contribution in [3.05, 3.63) is 58.9 Å². The summed E-state index contributed by atoms with van der Waals surface area (Å²) < 4.78 is 5.02. The first kappa shape index (κ1) is 12.7. The van der Waals surface area contributed by atoms with Crippen LogP contribution in [0, 0.1) is 0 Å². The minimum absolute atomic E-state index is 0.348. The van der Waals surface area contributed by atoms with Crippen molar-refractivity contribution in [3.8, 4) is 0 Å². The van der Waals surface area contributed by atoms with Crippen LogP contribution in [0.25, 0.3) is 5.57 Å². The van der Waals surface area contributed by atoms with E-state index >= 15 is 0 Å². The number of aromatic amines is 1. The number of carbonyl (C=O) groups excluding carboxylic acids is 1. The van der Waals surface area contributed by atoms with E-state index < -0.39 is 0 Å². The number of ether oxygens (including phenoxy) is 1. The molecule has 102 valence electrons. The lowest BCUT2D eigenvalue weighted by Gasteiger charge is -2.02. The van der Waals surface area contributed by atoms with Crippen molar-refractivity contribution < 1.29 is 9.53 Å². The van der Waals surface area contributed by atoms with Crippen LogP contribution in [0.1, 0.15) is 34.2 Å². The molecule has 1 heterocycles. The topological polar surface area (TPSA) is 55.0 Å². The first-order chi connectivity index (χ1) is 9.79. The molecule has 1 aliphatic carbocycles. The average Bonchev–Trinajstić information content (AvgIpc) is 3.03. The normalized spacial score (nSPS) is 12.9. The third kappa shape index (κ3) is 2.25. The minimum atomic E-state index is -0.348. The number of benzene rings is 1. The molecule has 0 saturated carbocycles. The summed E-state index contributed by atoms with van der Waals surface area (Å²) >= 11 is 0. The Kier molecular flexibility index (Phi) is 3.37. The molecule has 1 aromatic carbocycles. The van der Waals surface area contributed by atoms with E-state index in [9.17, 15) is 4.79 Å². The molecule has 0 bridgehead atoms. The number of carbonyl (C=O) groups is 1. The van der Waals surface area contributed by atoms with Gasteiger partial charge in [0.25, 0.3) is 0 Å². The first-order valence-electron chi connectivity index (χ1n) is 6.77. The summed E-state index contributed by atoms with van der Waals surface area (Å²) in [5, 5.41) is 7.08. The third-order valence-electron chi connectivity index (χ3n) is 3.45. The summed E-state index contributed by atoms with van der Waals surface area (Å²) in [5.74, 6) is -0.348. The Morgan fingerprint density at radius 3 is 2.90 bits per heavy atom. The zero-order chi connectivity index (χ0) is 13.9. The van der Waals surface area contributed by atoms with Gasteiger partial charge < -0.3 is 4.74 Å². The Labute approximate surface area is 117 Å². The number of esters is 1. The Morgan fingerprint density at radius 1 is 1.35 bits per heavy atom. The zero-order valence-electron chi connectivity index (χ0n) is 11.3. The monoisotopic (exact) mass is 268 g/mol. The van der Waals surface area contributed by atoms with Gasteiger partial charge in [0.05, 0.1) is 12.3 Å². The van der Waals surface area contributed by atoms with E-state index in [0.717, 1.165) is 24.1 Å². The van der Waals surface area contributed by atoms with Crippen molar-refractivity contribution in [1.29, 1.82) is 0 Å². The molecule has 0 radical (unpaired) electrons. The smallest absolute Gasteiger partial charge is 0.359 e. The van der Waals surface area contributed by atoms with E-state index in [1.165, 1.54) is 11.1 Å². The highest BCUT2D eigenvalue weighted by Gasteiger charge is 2.25. The van der Waals surface area contributed by atoms with Gasteiger partial charge in [-0.25, -0.2) is 4.79 Å². The van der Waals surface area contributed by atoms with Crippen molar-refractivity contribution >= 4 is 11.5 Å². The van der Waals surface area contributed by atoms with Crippen molar-refractivity contribution in [2.24, 2.45) is 0 Å². The second-order valence-electron chi connectivity index (χ2n) is 4.74. The molecule has 0 atom stereocenters. The van der Waals surface area contributed by atoms with Gasteiger partial charge in [-0.05, 0) is 30.9 Å². The van der Waals surface area contributed by atoms with Crippen molar-refractivity contribution in [3.63, 3.8) is 0 Å². The largest absolute Gasteiger partial charge is 0.461 e. The fourth-order valence-corrected chi connectivity index (χ4v) is 2.50. The van der Waals surface area contributed by atoms with Gasteiger partial charge in [-0.2, -0.15) is 5.10 Å². The highest BCUT2D eigenvalue weighted by atomic mass is 16.5. The highest BCUT2D eigenvalue weighted by molar-refractivity contribution is 5.92. The molecular formula is C16H16N2O2. The number of hydrogen-bond acceptors (Lipinski definition) is 3. The molecule has 1 aliphatic rings. The van der Waals surface area contributed by atoms with Gasteiger partial charge in [0.2, 0.25) is 0 Å². The number of aromatic nitrogens is 2. The molecule has 4 nitrogen and oxygen atoms in total. The van der Waals surface area contributed by atoms with Crippen molar-refractivity contribution in [2.45, 2.75) is 19.8 Å². The third-order valence-corrected chi connectivity index (χ3v) is 3.45.